The van der Waals surface area contributed by atoms with Crippen LogP contribution in [-0.4, -0.2) is 66.2 Å². The third-order valence-corrected chi connectivity index (χ3v) is 4.37. The number of imidazole rings is 1. The van der Waals surface area contributed by atoms with Crippen LogP contribution in [0.3, 0.4) is 0 Å². The van der Waals surface area contributed by atoms with Gasteiger partial charge in [0.05, 0.1) is 17.6 Å². The van der Waals surface area contributed by atoms with E-state index >= 15 is 0 Å². The zero-order valence-corrected chi connectivity index (χ0v) is 12.8. The molecular formula is C14H27N5. The molecule has 0 bridgehead atoms. The normalized spacial score (nSPS) is 22.9. The van der Waals surface area contributed by atoms with Crippen molar-refractivity contribution in [3.8, 4) is 0 Å². The number of piperazine rings is 1. The van der Waals surface area contributed by atoms with Crippen molar-refractivity contribution in [2.75, 3.05) is 40.8 Å². The molecule has 5 nitrogen and oxygen atoms in total. The molecule has 0 radical (unpaired) electrons. The van der Waals surface area contributed by atoms with Gasteiger partial charge in [-0.2, -0.15) is 0 Å². The van der Waals surface area contributed by atoms with Crippen LogP contribution in [0.1, 0.15) is 19.5 Å². The van der Waals surface area contributed by atoms with Gasteiger partial charge in [-0.25, -0.2) is 4.98 Å². The second-order valence-electron chi connectivity index (χ2n) is 6.20. The van der Waals surface area contributed by atoms with E-state index in [0.29, 0.717) is 6.04 Å². The first-order valence-electron chi connectivity index (χ1n) is 7.02. The molecule has 2 rings (SSSR count). The predicted octanol–water partition coefficient (Wildman–Crippen LogP) is 0.583. The second kappa shape index (κ2) is 5.61. The van der Waals surface area contributed by atoms with Crippen LogP contribution >= 0.6 is 0 Å². The van der Waals surface area contributed by atoms with Crippen molar-refractivity contribution in [1.82, 2.24) is 24.7 Å². The summed E-state index contributed by atoms with van der Waals surface area (Å²) in [6, 6.07) is 0.555. The quantitative estimate of drug-likeness (QED) is 0.864. The van der Waals surface area contributed by atoms with Crippen molar-refractivity contribution in [2.24, 2.45) is 0 Å². The molecule has 1 aromatic rings. The smallest absolute Gasteiger partial charge is 0.0949 e. The van der Waals surface area contributed by atoms with Gasteiger partial charge in [-0.05, 0) is 35.0 Å². The summed E-state index contributed by atoms with van der Waals surface area (Å²) in [6.45, 7) is 8.80. The van der Waals surface area contributed by atoms with E-state index in [0.717, 1.165) is 26.2 Å². The Kier molecular flexibility index (Phi) is 4.28. The molecule has 1 aromatic heterocycles. The Morgan fingerprint density at radius 1 is 1.37 bits per heavy atom. The third-order valence-electron chi connectivity index (χ3n) is 4.37. The van der Waals surface area contributed by atoms with Crippen LogP contribution in [0.15, 0.2) is 12.5 Å². The zero-order chi connectivity index (χ0) is 14.0. The van der Waals surface area contributed by atoms with Crippen molar-refractivity contribution in [2.45, 2.75) is 32.0 Å². The number of likely N-dealkylation sites (N-methyl/N-ethyl adjacent to an activating group) is 2. The average molecular weight is 265 g/mol. The van der Waals surface area contributed by atoms with Crippen molar-refractivity contribution in [1.29, 1.82) is 0 Å². The molecule has 1 N–H and O–H groups in total. The van der Waals surface area contributed by atoms with Crippen LogP contribution in [0.5, 0.6) is 0 Å². The number of rotatable bonds is 4. The Morgan fingerprint density at radius 2 is 2.11 bits per heavy atom. The topological polar surface area (TPSA) is 36.3 Å². The summed E-state index contributed by atoms with van der Waals surface area (Å²) in [6.07, 6.45) is 3.93. The van der Waals surface area contributed by atoms with Gasteiger partial charge in [-0.3, -0.25) is 4.90 Å². The highest BCUT2D eigenvalue weighted by molar-refractivity contribution is 5.11. The van der Waals surface area contributed by atoms with Crippen molar-refractivity contribution in [3.63, 3.8) is 0 Å². The second-order valence-corrected chi connectivity index (χ2v) is 6.20. The molecule has 1 aliphatic rings. The molecule has 1 atom stereocenters. The zero-order valence-electron chi connectivity index (χ0n) is 12.8. The van der Waals surface area contributed by atoms with Crippen LogP contribution in [-0.2, 0) is 12.1 Å². The highest BCUT2D eigenvalue weighted by Crippen LogP contribution is 2.20. The first-order valence-corrected chi connectivity index (χ1v) is 7.02. The minimum atomic E-state index is -0.0460. The minimum Gasteiger partial charge on any atom is -0.331 e. The van der Waals surface area contributed by atoms with Crippen molar-refractivity contribution in [3.05, 3.63) is 18.2 Å². The van der Waals surface area contributed by atoms with Crippen molar-refractivity contribution < 1.29 is 0 Å². The van der Waals surface area contributed by atoms with Crippen LogP contribution in [0, 0.1) is 0 Å². The molecule has 2 heterocycles. The van der Waals surface area contributed by atoms with E-state index in [1.807, 2.05) is 19.6 Å². The monoisotopic (exact) mass is 265 g/mol. The highest BCUT2D eigenvalue weighted by Gasteiger charge is 2.26. The molecule has 5 heteroatoms. The lowest BCUT2D eigenvalue weighted by Gasteiger charge is -2.38. The average Bonchev–Trinajstić information content (AvgIpc) is 2.83. The highest BCUT2D eigenvalue weighted by atomic mass is 15.3. The molecule has 0 aromatic carbocycles. The van der Waals surface area contributed by atoms with Gasteiger partial charge in [0, 0.05) is 38.4 Å². The summed E-state index contributed by atoms with van der Waals surface area (Å²) in [7, 11) is 6.42. The van der Waals surface area contributed by atoms with Gasteiger partial charge in [-0.15, -0.1) is 0 Å². The Bertz CT molecular complexity index is 412. The first-order chi connectivity index (χ1) is 8.94. The number of nitrogens with one attached hydrogen (secondary N) is 1. The number of hydrogen-bond acceptors (Lipinski definition) is 4. The van der Waals surface area contributed by atoms with Crippen LogP contribution < -0.4 is 5.32 Å². The Morgan fingerprint density at radius 3 is 2.79 bits per heavy atom. The SMILES string of the molecule is CNC(C)(C)c1cncn1CC1CN(C)CCN1C. The first kappa shape index (κ1) is 14.5. The molecule has 1 fully saturated rings. The van der Waals surface area contributed by atoms with E-state index in [-0.39, 0.29) is 5.54 Å². The summed E-state index contributed by atoms with van der Waals surface area (Å²) in [5.41, 5.74) is 1.20. The molecule has 1 aliphatic heterocycles. The van der Waals surface area contributed by atoms with Crippen LogP contribution in [0.2, 0.25) is 0 Å². The maximum Gasteiger partial charge on any atom is 0.0949 e. The molecule has 0 spiro atoms. The Labute approximate surface area is 116 Å². The molecule has 1 saturated heterocycles. The van der Waals surface area contributed by atoms with Gasteiger partial charge < -0.3 is 14.8 Å². The fourth-order valence-corrected chi connectivity index (χ4v) is 2.64. The molecule has 19 heavy (non-hydrogen) atoms. The number of nitrogens with zero attached hydrogens (tertiary/aromatic N) is 4. The van der Waals surface area contributed by atoms with Gasteiger partial charge in [-0.1, -0.05) is 0 Å². The lowest BCUT2D eigenvalue weighted by molar-refractivity contribution is 0.102. The lowest BCUT2D eigenvalue weighted by Crippen LogP contribution is -2.52. The van der Waals surface area contributed by atoms with E-state index in [1.54, 1.807) is 0 Å². The molecule has 1 unspecified atom stereocenters. The van der Waals surface area contributed by atoms with E-state index in [1.165, 1.54) is 5.69 Å². The standard InChI is InChI=1S/C14H27N5/c1-14(2,15-3)13-8-16-11-19(13)10-12-9-17(4)6-7-18(12)5/h8,11-12,15H,6-7,9-10H2,1-5H3. The van der Waals surface area contributed by atoms with Gasteiger partial charge in [0.25, 0.3) is 0 Å². The molecule has 0 amide bonds. The summed E-state index contributed by atoms with van der Waals surface area (Å²) < 4.78 is 2.29. The lowest BCUT2D eigenvalue weighted by atomic mass is 10.0. The summed E-state index contributed by atoms with van der Waals surface area (Å²) in [5.74, 6) is 0. The Hall–Kier alpha value is -0.910. The van der Waals surface area contributed by atoms with Crippen LogP contribution in [0.4, 0.5) is 0 Å². The predicted molar refractivity (Wildman–Crippen MR) is 78.2 cm³/mol. The maximum absolute atomic E-state index is 4.34. The van der Waals surface area contributed by atoms with E-state index < -0.39 is 0 Å². The Balaban J connectivity index is 2.13. The minimum absolute atomic E-state index is 0.0460. The van der Waals surface area contributed by atoms with E-state index in [2.05, 4.69) is 52.6 Å². The van der Waals surface area contributed by atoms with Crippen LogP contribution in [0.25, 0.3) is 0 Å². The fourth-order valence-electron chi connectivity index (χ4n) is 2.64. The molecular weight excluding hydrogens is 238 g/mol. The summed E-state index contributed by atoms with van der Waals surface area (Å²) in [5, 5.41) is 3.36. The van der Waals surface area contributed by atoms with Gasteiger partial charge in [0.1, 0.15) is 0 Å². The maximum atomic E-state index is 4.34. The van der Waals surface area contributed by atoms with Gasteiger partial charge >= 0.3 is 0 Å². The molecule has 0 saturated carbocycles. The number of aromatic nitrogens is 2. The molecule has 0 aliphatic carbocycles. The van der Waals surface area contributed by atoms with Gasteiger partial charge in [0.2, 0.25) is 0 Å². The largest absolute Gasteiger partial charge is 0.331 e. The van der Waals surface area contributed by atoms with E-state index in [4.69, 9.17) is 0 Å². The summed E-state index contributed by atoms with van der Waals surface area (Å²) in [4.78, 5) is 9.20. The fraction of sp³-hybridized carbons (Fsp3) is 0.786. The molecule has 108 valence electrons. The van der Waals surface area contributed by atoms with E-state index in [9.17, 15) is 0 Å². The third kappa shape index (κ3) is 3.16. The summed E-state index contributed by atoms with van der Waals surface area (Å²) >= 11 is 0. The van der Waals surface area contributed by atoms with Crippen molar-refractivity contribution >= 4 is 0 Å². The van der Waals surface area contributed by atoms with Gasteiger partial charge in [0.15, 0.2) is 0 Å². The number of hydrogen-bond donors (Lipinski definition) is 1.